The maximum absolute atomic E-state index is 13.8. The van der Waals surface area contributed by atoms with Crippen LogP contribution in [0.2, 0.25) is 0 Å². The van der Waals surface area contributed by atoms with E-state index in [0.717, 1.165) is 4.90 Å². The van der Waals surface area contributed by atoms with Crippen LogP contribution in [0.1, 0.15) is 0 Å². The topological polar surface area (TPSA) is 29.5 Å². The maximum atomic E-state index is 13.8. The van der Waals surface area contributed by atoms with E-state index in [0.29, 0.717) is 4.47 Å². The third kappa shape index (κ3) is 3.78. The number of hydrogen-bond donors (Lipinski definition) is 0. The Bertz CT molecular complexity index is 664. The number of anilines is 1. The molecule has 1 amide bonds. The lowest BCUT2D eigenvalue weighted by Crippen LogP contribution is -2.32. The Balaban J connectivity index is 2.05. The quantitative estimate of drug-likeness (QED) is 0.835. The van der Waals surface area contributed by atoms with Gasteiger partial charge in [0.2, 0.25) is 0 Å². The Morgan fingerprint density at radius 1 is 1.19 bits per heavy atom. The van der Waals surface area contributed by atoms with Gasteiger partial charge in [0.1, 0.15) is 5.82 Å². The zero-order chi connectivity index (χ0) is 15.4. The zero-order valence-corrected chi connectivity index (χ0v) is 12.7. The summed E-state index contributed by atoms with van der Waals surface area (Å²) in [5.74, 6) is -1.59. The first-order valence-corrected chi connectivity index (χ1v) is 6.87. The Kier molecular flexibility index (Phi) is 4.90. The van der Waals surface area contributed by atoms with Gasteiger partial charge in [-0.15, -0.1) is 0 Å². The SMILES string of the molecule is CN(C(=O)COc1ccccc1F)c1ccc(Br)cc1F. The molecule has 3 nitrogen and oxygen atoms in total. The van der Waals surface area contributed by atoms with Gasteiger partial charge >= 0.3 is 0 Å². The van der Waals surface area contributed by atoms with Crippen molar-refractivity contribution in [2.24, 2.45) is 0 Å². The normalized spacial score (nSPS) is 10.3. The summed E-state index contributed by atoms with van der Waals surface area (Å²) in [5.41, 5.74) is 0.125. The summed E-state index contributed by atoms with van der Waals surface area (Å²) in [6.45, 7) is -0.382. The molecule has 2 aromatic carbocycles. The van der Waals surface area contributed by atoms with Crippen molar-refractivity contribution in [2.75, 3.05) is 18.6 Å². The van der Waals surface area contributed by atoms with E-state index in [1.165, 1.54) is 37.4 Å². The second-order valence-electron chi connectivity index (χ2n) is 4.27. The van der Waals surface area contributed by atoms with Crippen LogP contribution in [0, 0.1) is 11.6 Å². The fourth-order valence-electron chi connectivity index (χ4n) is 1.69. The van der Waals surface area contributed by atoms with Crippen molar-refractivity contribution in [2.45, 2.75) is 0 Å². The van der Waals surface area contributed by atoms with Crippen molar-refractivity contribution in [3.63, 3.8) is 0 Å². The van der Waals surface area contributed by atoms with Gasteiger partial charge in [-0.3, -0.25) is 4.79 Å². The summed E-state index contributed by atoms with van der Waals surface area (Å²) < 4.78 is 32.8. The number of rotatable bonds is 4. The highest BCUT2D eigenvalue weighted by Crippen LogP contribution is 2.22. The van der Waals surface area contributed by atoms with E-state index in [1.807, 2.05) is 0 Å². The van der Waals surface area contributed by atoms with Crippen molar-refractivity contribution in [3.05, 3.63) is 58.6 Å². The lowest BCUT2D eigenvalue weighted by molar-refractivity contribution is -0.120. The molecule has 21 heavy (non-hydrogen) atoms. The Morgan fingerprint density at radius 3 is 2.57 bits per heavy atom. The molecule has 0 aliphatic rings. The molecule has 0 atom stereocenters. The lowest BCUT2D eigenvalue weighted by Gasteiger charge is -2.18. The highest BCUT2D eigenvalue weighted by Gasteiger charge is 2.16. The lowest BCUT2D eigenvalue weighted by atomic mass is 10.3. The number of para-hydroxylation sites is 1. The van der Waals surface area contributed by atoms with Crippen molar-refractivity contribution >= 4 is 27.5 Å². The average Bonchev–Trinajstić information content (AvgIpc) is 2.45. The smallest absolute Gasteiger partial charge is 0.264 e. The standard InChI is InChI=1S/C15H12BrF2NO2/c1-19(13-7-6-10(16)8-12(13)18)15(20)9-21-14-5-3-2-4-11(14)17/h2-8H,9H2,1H3. The molecule has 0 aliphatic heterocycles. The molecule has 0 saturated carbocycles. The van der Waals surface area contributed by atoms with E-state index in [-0.39, 0.29) is 18.0 Å². The molecule has 110 valence electrons. The van der Waals surface area contributed by atoms with Gasteiger partial charge in [-0.1, -0.05) is 28.1 Å². The second-order valence-corrected chi connectivity index (χ2v) is 5.18. The van der Waals surface area contributed by atoms with Gasteiger partial charge in [0.05, 0.1) is 5.69 Å². The van der Waals surface area contributed by atoms with Gasteiger partial charge in [-0.25, -0.2) is 8.78 Å². The van der Waals surface area contributed by atoms with Crippen LogP contribution in [0.5, 0.6) is 5.75 Å². The minimum absolute atomic E-state index is 0.0180. The van der Waals surface area contributed by atoms with Crippen molar-refractivity contribution < 1.29 is 18.3 Å². The number of amides is 1. The predicted molar refractivity (Wildman–Crippen MR) is 79.4 cm³/mol. The largest absolute Gasteiger partial charge is 0.481 e. The zero-order valence-electron chi connectivity index (χ0n) is 11.1. The first kappa shape index (κ1) is 15.4. The van der Waals surface area contributed by atoms with Crippen LogP contribution in [-0.2, 0) is 4.79 Å². The van der Waals surface area contributed by atoms with Crippen LogP contribution in [0.4, 0.5) is 14.5 Å². The summed E-state index contributed by atoms with van der Waals surface area (Å²) in [4.78, 5) is 13.1. The molecule has 0 saturated heterocycles. The summed E-state index contributed by atoms with van der Waals surface area (Å²) in [6, 6.07) is 10.1. The Morgan fingerprint density at radius 2 is 1.90 bits per heavy atom. The van der Waals surface area contributed by atoms with Gasteiger partial charge in [0.15, 0.2) is 18.2 Å². The number of ether oxygens (including phenoxy) is 1. The van der Waals surface area contributed by atoms with Gasteiger partial charge in [0.25, 0.3) is 5.91 Å². The Labute approximate surface area is 129 Å². The summed E-state index contributed by atoms with van der Waals surface area (Å²) >= 11 is 3.14. The third-order valence-electron chi connectivity index (χ3n) is 2.83. The molecule has 2 aromatic rings. The highest BCUT2D eigenvalue weighted by atomic mass is 79.9. The fourth-order valence-corrected chi connectivity index (χ4v) is 2.02. The molecule has 6 heteroatoms. The van der Waals surface area contributed by atoms with Gasteiger partial charge in [-0.2, -0.15) is 0 Å². The minimum Gasteiger partial charge on any atom is -0.481 e. The molecule has 0 N–H and O–H groups in total. The first-order chi connectivity index (χ1) is 9.99. The number of hydrogen-bond acceptors (Lipinski definition) is 2. The molecule has 0 fully saturated rings. The molecule has 0 aliphatic carbocycles. The number of carbonyl (C=O) groups excluding carboxylic acids is 1. The average molecular weight is 356 g/mol. The molecule has 2 rings (SSSR count). The van der Waals surface area contributed by atoms with E-state index in [1.54, 1.807) is 12.1 Å². The van der Waals surface area contributed by atoms with Crippen LogP contribution in [0.3, 0.4) is 0 Å². The minimum atomic E-state index is -0.553. The number of benzene rings is 2. The summed E-state index contributed by atoms with van der Waals surface area (Å²) in [5, 5.41) is 0. The van der Waals surface area contributed by atoms with Crippen molar-refractivity contribution in [1.82, 2.24) is 0 Å². The highest BCUT2D eigenvalue weighted by molar-refractivity contribution is 9.10. The van der Waals surface area contributed by atoms with Crippen molar-refractivity contribution in [1.29, 1.82) is 0 Å². The van der Waals surface area contributed by atoms with Crippen LogP contribution in [0.15, 0.2) is 46.9 Å². The van der Waals surface area contributed by atoms with Crippen molar-refractivity contribution in [3.8, 4) is 5.75 Å². The predicted octanol–water partition coefficient (Wildman–Crippen LogP) is 3.77. The third-order valence-corrected chi connectivity index (χ3v) is 3.33. The molecule has 0 heterocycles. The van der Waals surface area contributed by atoms with E-state index in [2.05, 4.69) is 15.9 Å². The second kappa shape index (κ2) is 6.67. The van der Waals surface area contributed by atoms with Gasteiger partial charge < -0.3 is 9.64 Å². The number of carbonyl (C=O) groups is 1. The van der Waals surface area contributed by atoms with Crippen LogP contribution >= 0.6 is 15.9 Å². The van der Waals surface area contributed by atoms with Gasteiger partial charge in [-0.05, 0) is 30.3 Å². The molecule has 0 unspecified atom stereocenters. The number of likely N-dealkylation sites (N-methyl/N-ethyl adjacent to an activating group) is 1. The number of halogens is 3. The van der Waals surface area contributed by atoms with E-state index in [9.17, 15) is 13.6 Å². The molecular formula is C15H12BrF2NO2. The molecule has 0 bridgehead atoms. The Hall–Kier alpha value is -1.95. The molecular weight excluding hydrogens is 344 g/mol. The van der Waals surface area contributed by atoms with Crippen LogP contribution < -0.4 is 9.64 Å². The molecule has 0 spiro atoms. The van der Waals surface area contributed by atoms with Gasteiger partial charge in [0, 0.05) is 11.5 Å². The molecule has 0 aromatic heterocycles. The summed E-state index contributed by atoms with van der Waals surface area (Å²) in [7, 11) is 1.43. The van der Waals surface area contributed by atoms with Crippen LogP contribution in [-0.4, -0.2) is 19.6 Å². The van der Waals surface area contributed by atoms with E-state index >= 15 is 0 Å². The maximum Gasteiger partial charge on any atom is 0.264 e. The first-order valence-electron chi connectivity index (χ1n) is 6.08. The number of nitrogens with zero attached hydrogens (tertiary/aromatic N) is 1. The van der Waals surface area contributed by atoms with Crippen LogP contribution in [0.25, 0.3) is 0 Å². The van der Waals surface area contributed by atoms with E-state index < -0.39 is 17.5 Å². The monoisotopic (exact) mass is 355 g/mol. The fraction of sp³-hybridized carbons (Fsp3) is 0.133. The summed E-state index contributed by atoms with van der Waals surface area (Å²) in [6.07, 6.45) is 0. The molecule has 0 radical (unpaired) electrons. The van der Waals surface area contributed by atoms with E-state index in [4.69, 9.17) is 4.74 Å².